The SMILES string of the molecule is COc1ccc(S(=O)(=O)CCOc2cccc(N)c2)cc1. The topological polar surface area (TPSA) is 78.6 Å². The largest absolute Gasteiger partial charge is 0.497 e. The summed E-state index contributed by atoms with van der Waals surface area (Å²) in [6, 6.07) is 13.2. The monoisotopic (exact) mass is 307 g/mol. The molecule has 2 N–H and O–H groups in total. The molecule has 0 amide bonds. The highest BCUT2D eigenvalue weighted by Crippen LogP contribution is 2.18. The van der Waals surface area contributed by atoms with E-state index in [0.29, 0.717) is 17.2 Å². The Morgan fingerprint density at radius 2 is 1.76 bits per heavy atom. The van der Waals surface area contributed by atoms with Crippen LogP contribution in [0.15, 0.2) is 53.4 Å². The molecule has 0 fully saturated rings. The number of hydrogen-bond donors (Lipinski definition) is 1. The van der Waals surface area contributed by atoms with E-state index in [1.807, 2.05) is 0 Å². The molecule has 21 heavy (non-hydrogen) atoms. The third kappa shape index (κ3) is 4.13. The van der Waals surface area contributed by atoms with Gasteiger partial charge in [0.1, 0.15) is 18.1 Å². The van der Waals surface area contributed by atoms with E-state index in [0.717, 1.165) is 0 Å². The number of sulfone groups is 1. The number of rotatable bonds is 6. The van der Waals surface area contributed by atoms with Crippen LogP contribution in [-0.2, 0) is 9.84 Å². The predicted molar refractivity (Wildman–Crippen MR) is 81.4 cm³/mol. The molecule has 2 aromatic carbocycles. The van der Waals surface area contributed by atoms with Gasteiger partial charge in [-0.25, -0.2) is 8.42 Å². The second-order valence-corrected chi connectivity index (χ2v) is 6.52. The van der Waals surface area contributed by atoms with Crippen LogP contribution in [0.25, 0.3) is 0 Å². The molecule has 0 aliphatic rings. The summed E-state index contributed by atoms with van der Waals surface area (Å²) in [5, 5.41) is 0. The Morgan fingerprint density at radius 3 is 2.38 bits per heavy atom. The van der Waals surface area contributed by atoms with Crippen molar-refractivity contribution in [2.45, 2.75) is 4.90 Å². The van der Waals surface area contributed by atoms with Crippen LogP contribution in [0.2, 0.25) is 0 Å². The van der Waals surface area contributed by atoms with Crippen LogP contribution < -0.4 is 15.2 Å². The first-order chi connectivity index (χ1) is 10.0. The van der Waals surface area contributed by atoms with Gasteiger partial charge in [-0.3, -0.25) is 0 Å². The number of benzene rings is 2. The van der Waals surface area contributed by atoms with Crippen LogP contribution in [0.3, 0.4) is 0 Å². The van der Waals surface area contributed by atoms with Gasteiger partial charge in [-0.05, 0) is 36.4 Å². The minimum Gasteiger partial charge on any atom is -0.497 e. The highest BCUT2D eigenvalue weighted by atomic mass is 32.2. The van der Waals surface area contributed by atoms with Gasteiger partial charge in [0.15, 0.2) is 9.84 Å². The lowest BCUT2D eigenvalue weighted by Gasteiger charge is -2.08. The van der Waals surface area contributed by atoms with Gasteiger partial charge < -0.3 is 15.2 Å². The molecule has 5 nitrogen and oxygen atoms in total. The summed E-state index contributed by atoms with van der Waals surface area (Å²) in [5.41, 5.74) is 6.20. The molecule has 0 saturated carbocycles. The molecule has 112 valence electrons. The van der Waals surface area contributed by atoms with E-state index in [2.05, 4.69) is 0 Å². The van der Waals surface area contributed by atoms with E-state index in [9.17, 15) is 8.42 Å². The first-order valence-electron chi connectivity index (χ1n) is 6.36. The molecule has 2 rings (SSSR count). The van der Waals surface area contributed by atoms with Crippen molar-refractivity contribution in [3.05, 3.63) is 48.5 Å². The number of ether oxygens (including phenoxy) is 2. The second-order valence-electron chi connectivity index (χ2n) is 4.42. The molecule has 0 heterocycles. The van der Waals surface area contributed by atoms with Crippen LogP contribution in [0, 0.1) is 0 Å². The van der Waals surface area contributed by atoms with E-state index in [-0.39, 0.29) is 17.3 Å². The Morgan fingerprint density at radius 1 is 1.05 bits per heavy atom. The number of methoxy groups -OCH3 is 1. The molecule has 0 bridgehead atoms. The number of nitrogen functional groups attached to an aromatic ring is 1. The summed E-state index contributed by atoms with van der Waals surface area (Å²) in [7, 11) is -1.85. The highest BCUT2D eigenvalue weighted by molar-refractivity contribution is 7.91. The lowest BCUT2D eigenvalue weighted by molar-refractivity contribution is 0.341. The summed E-state index contributed by atoms with van der Waals surface area (Å²) < 4.78 is 34.7. The summed E-state index contributed by atoms with van der Waals surface area (Å²) >= 11 is 0. The van der Waals surface area contributed by atoms with Gasteiger partial charge in [0.25, 0.3) is 0 Å². The van der Waals surface area contributed by atoms with Crippen molar-refractivity contribution in [2.24, 2.45) is 0 Å². The zero-order valence-electron chi connectivity index (χ0n) is 11.7. The molecule has 0 saturated heterocycles. The van der Waals surface area contributed by atoms with Gasteiger partial charge in [0, 0.05) is 11.8 Å². The lowest BCUT2D eigenvalue weighted by atomic mass is 10.3. The third-order valence-electron chi connectivity index (χ3n) is 2.90. The molecule has 0 spiro atoms. The zero-order chi connectivity index (χ0) is 15.3. The average molecular weight is 307 g/mol. The molecule has 2 aromatic rings. The van der Waals surface area contributed by atoms with Crippen LogP contribution in [0.1, 0.15) is 0 Å². The summed E-state index contributed by atoms with van der Waals surface area (Å²) in [5.74, 6) is 1.07. The van der Waals surface area contributed by atoms with E-state index in [1.165, 1.54) is 19.2 Å². The predicted octanol–water partition coefficient (Wildman–Crippen LogP) is 2.13. The Bertz CT molecular complexity index is 696. The van der Waals surface area contributed by atoms with E-state index in [4.69, 9.17) is 15.2 Å². The van der Waals surface area contributed by atoms with Crippen molar-refractivity contribution < 1.29 is 17.9 Å². The first-order valence-corrected chi connectivity index (χ1v) is 8.01. The van der Waals surface area contributed by atoms with Gasteiger partial charge in [-0.15, -0.1) is 0 Å². The molecule has 6 heteroatoms. The number of hydrogen-bond acceptors (Lipinski definition) is 5. The average Bonchev–Trinajstić information content (AvgIpc) is 2.47. The van der Waals surface area contributed by atoms with Crippen molar-refractivity contribution in [1.29, 1.82) is 0 Å². The Balaban J connectivity index is 1.97. The van der Waals surface area contributed by atoms with Crippen LogP contribution in [0.4, 0.5) is 5.69 Å². The smallest absolute Gasteiger partial charge is 0.181 e. The van der Waals surface area contributed by atoms with Gasteiger partial charge in [0.2, 0.25) is 0 Å². The maximum Gasteiger partial charge on any atom is 0.181 e. The maximum atomic E-state index is 12.1. The van der Waals surface area contributed by atoms with Crippen LogP contribution in [0.5, 0.6) is 11.5 Å². The van der Waals surface area contributed by atoms with Gasteiger partial charge in [-0.1, -0.05) is 6.07 Å². The molecule has 0 aliphatic heterocycles. The van der Waals surface area contributed by atoms with Crippen molar-refractivity contribution in [3.63, 3.8) is 0 Å². The molecule has 0 atom stereocenters. The van der Waals surface area contributed by atoms with E-state index in [1.54, 1.807) is 36.4 Å². The fourth-order valence-corrected chi connectivity index (χ4v) is 2.86. The fraction of sp³-hybridized carbons (Fsp3) is 0.200. The molecular weight excluding hydrogens is 290 g/mol. The Kier molecular flexibility index (Phi) is 4.70. The van der Waals surface area contributed by atoms with Gasteiger partial charge in [0.05, 0.1) is 17.8 Å². The van der Waals surface area contributed by atoms with E-state index < -0.39 is 9.84 Å². The summed E-state index contributed by atoms with van der Waals surface area (Å²) in [4.78, 5) is 0.250. The maximum absolute atomic E-state index is 12.1. The van der Waals surface area contributed by atoms with Gasteiger partial charge >= 0.3 is 0 Å². The molecule has 0 radical (unpaired) electrons. The third-order valence-corrected chi connectivity index (χ3v) is 4.59. The molecule has 0 aliphatic carbocycles. The molecular formula is C15H17NO4S. The van der Waals surface area contributed by atoms with Crippen LogP contribution in [-0.4, -0.2) is 27.9 Å². The van der Waals surface area contributed by atoms with Crippen LogP contribution >= 0.6 is 0 Å². The fourth-order valence-electron chi connectivity index (χ4n) is 1.77. The number of anilines is 1. The highest BCUT2D eigenvalue weighted by Gasteiger charge is 2.14. The Labute approximate surface area is 124 Å². The minimum atomic E-state index is -3.38. The van der Waals surface area contributed by atoms with E-state index >= 15 is 0 Å². The van der Waals surface area contributed by atoms with Crippen molar-refractivity contribution >= 4 is 15.5 Å². The molecule has 0 unspecified atom stereocenters. The quantitative estimate of drug-likeness (QED) is 0.827. The standard InChI is InChI=1S/C15H17NO4S/c1-19-13-5-7-15(8-6-13)21(17,18)10-9-20-14-4-2-3-12(16)11-14/h2-8,11H,9-10,16H2,1H3. The number of nitrogens with two attached hydrogens (primary N) is 1. The minimum absolute atomic E-state index is 0.0673. The second kappa shape index (κ2) is 6.49. The first kappa shape index (κ1) is 15.2. The summed E-state index contributed by atoms with van der Waals surface area (Å²) in [6.45, 7) is 0.0673. The molecule has 0 aromatic heterocycles. The van der Waals surface area contributed by atoms with Crippen molar-refractivity contribution in [3.8, 4) is 11.5 Å². The Hall–Kier alpha value is -2.21. The van der Waals surface area contributed by atoms with Crippen molar-refractivity contribution in [2.75, 3.05) is 25.2 Å². The normalized spacial score (nSPS) is 11.1. The van der Waals surface area contributed by atoms with Gasteiger partial charge in [-0.2, -0.15) is 0 Å². The lowest BCUT2D eigenvalue weighted by Crippen LogP contribution is -2.14. The van der Waals surface area contributed by atoms with Crippen molar-refractivity contribution in [1.82, 2.24) is 0 Å². The summed E-state index contributed by atoms with van der Waals surface area (Å²) in [6.07, 6.45) is 0. The zero-order valence-corrected chi connectivity index (χ0v) is 12.5.